The molecule has 0 bridgehead atoms. The molecule has 0 aliphatic rings. The topological polar surface area (TPSA) is 36.9 Å². The van der Waals surface area contributed by atoms with Gasteiger partial charge in [0.25, 0.3) is 0 Å². The number of ether oxygens (including phenoxy) is 4. The maximum atomic E-state index is 5.53. The van der Waals surface area contributed by atoms with E-state index in [1.165, 1.54) is 40.6 Å². The molecule has 0 aliphatic carbocycles. The van der Waals surface area contributed by atoms with Crippen molar-refractivity contribution in [2.45, 2.75) is 5.76 Å². The van der Waals surface area contributed by atoms with Gasteiger partial charge in [0.2, 0.25) is 0 Å². The molecule has 0 N–H and O–H groups in total. The maximum absolute atomic E-state index is 5.53. The number of benzene rings is 6. The van der Waals surface area contributed by atoms with E-state index in [1.807, 2.05) is 0 Å². The van der Waals surface area contributed by atoms with Crippen molar-refractivity contribution in [3.63, 3.8) is 0 Å². The molecule has 0 amide bonds. The van der Waals surface area contributed by atoms with Gasteiger partial charge < -0.3 is 0 Å². The van der Waals surface area contributed by atoms with Gasteiger partial charge in [0.05, 0.1) is 0 Å². The number of rotatable bonds is 12. The first kappa shape index (κ1) is 33.8. The number of methoxy groups -OCH3 is 4. The first-order valence-electron chi connectivity index (χ1n) is 15.7. The van der Waals surface area contributed by atoms with Crippen molar-refractivity contribution in [1.29, 1.82) is 0 Å². The molecule has 6 aromatic carbocycles. The molecule has 241 valence electrons. The zero-order valence-corrected chi connectivity index (χ0v) is 31.8. The SMILES string of the molecule is COc1ccc(P(c2ccc(OC)cc2)c2cccc[c]2[Ge]([CH3])[c]2ccccc2P(c2ccc(OC)cc2)c2ccc(OC)cc2)cc1. The second kappa shape index (κ2) is 15.9. The van der Waals surface area contributed by atoms with Crippen LogP contribution in [0, 0.1) is 0 Å². The normalized spacial score (nSPS) is 11.2. The van der Waals surface area contributed by atoms with Crippen molar-refractivity contribution < 1.29 is 18.9 Å². The zero-order chi connectivity index (χ0) is 33.5. The van der Waals surface area contributed by atoms with E-state index in [2.05, 4.69) is 151 Å². The van der Waals surface area contributed by atoms with Crippen LogP contribution in [0.2, 0.25) is 5.76 Å². The molecule has 1 radical (unpaired) electrons. The summed E-state index contributed by atoms with van der Waals surface area (Å²) in [7, 11) is 5.19. The molecule has 0 heterocycles. The average Bonchev–Trinajstić information content (AvgIpc) is 3.16. The van der Waals surface area contributed by atoms with Gasteiger partial charge in [0.15, 0.2) is 0 Å². The summed E-state index contributed by atoms with van der Waals surface area (Å²) in [6.45, 7) is 0. The number of hydrogen-bond acceptors (Lipinski definition) is 4. The summed E-state index contributed by atoms with van der Waals surface area (Å²) >= 11 is -2.11. The van der Waals surface area contributed by atoms with Crippen molar-refractivity contribution in [3.8, 4) is 23.0 Å². The van der Waals surface area contributed by atoms with E-state index in [-0.39, 0.29) is 0 Å². The predicted octanol–water partition coefficient (Wildman–Crippen LogP) is 5.48. The molecule has 0 aliphatic heterocycles. The Hall–Kier alpha value is -4.08. The van der Waals surface area contributed by atoms with Crippen molar-refractivity contribution in [2.75, 3.05) is 28.4 Å². The molecule has 0 fully saturated rings. The minimum absolute atomic E-state index is 0.840. The molecule has 0 saturated heterocycles. The van der Waals surface area contributed by atoms with Crippen LogP contribution in [-0.4, -0.2) is 42.8 Å². The van der Waals surface area contributed by atoms with E-state index in [4.69, 9.17) is 18.9 Å². The van der Waals surface area contributed by atoms with Crippen LogP contribution in [0.1, 0.15) is 0 Å². The van der Waals surface area contributed by atoms with Gasteiger partial charge in [-0.15, -0.1) is 0 Å². The fraction of sp³-hybridized carbons (Fsp3) is 0.122. The molecule has 6 aromatic rings. The van der Waals surface area contributed by atoms with Gasteiger partial charge in [-0.1, -0.05) is 0 Å². The molecule has 0 unspecified atom stereocenters. The Labute approximate surface area is 291 Å². The van der Waals surface area contributed by atoms with Gasteiger partial charge in [0, 0.05) is 0 Å². The van der Waals surface area contributed by atoms with Crippen LogP contribution in [0.15, 0.2) is 146 Å². The molecule has 0 saturated carbocycles. The van der Waals surface area contributed by atoms with Crippen molar-refractivity contribution >= 4 is 70.8 Å². The summed E-state index contributed by atoms with van der Waals surface area (Å²) in [6, 6.07) is 52.7. The third-order valence-electron chi connectivity index (χ3n) is 8.42. The first-order valence-corrected chi connectivity index (χ1v) is 22.6. The predicted molar refractivity (Wildman–Crippen MR) is 207 cm³/mol. The standard InChI is InChI=1S/C41H39GeO4P2/c1-42(38-10-6-8-12-40(38)47(34-22-14-30(43-2)15-23-34)35-24-16-31(44-3)17-25-35)39-11-7-9-13-41(39)48(36-26-18-32(45-4)19-27-36)37-28-20-33(46-5)21-29-37/h6-29H,1-5H3. The van der Waals surface area contributed by atoms with E-state index in [0.717, 1.165) is 23.0 Å². The second-order valence-corrected chi connectivity index (χ2v) is 20.4. The molecule has 4 nitrogen and oxygen atoms in total. The van der Waals surface area contributed by atoms with E-state index in [1.54, 1.807) is 28.4 Å². The number of hydrogen-bond donors (Lipinski definition) is 0. The summed E-state index contributed by atoms with van der Waals surface area (Å²) in [5, 5.41) is 7.99. The molecule has 0 spiro atoms. The van der Waals surface area contributed by atoms with E-state index >= 15 is 0 Å². The van der Waals surface area contributed by atoms with Gasteiger partial charge in [0.1, 0.15) is 0 Å². The minimum atomic E-state index is -2.11. The monoisotopic (exact) mass is 731 g/mol. The summed E-state index contributed by atoms with van der Waals surface area (Å²) in [6.07, 6.45) is 0. The third-order valence-corrected chi connectivity index (χ3v) is 19.5. The Morgan fingerprint density at radius 1 is 0.354 bits per heavy atom. The van der Waals surface area contributed by atoms with Gasteiger partial charge in [-0.2, -0.15) is 0 Å². The van der Waals surface area contributed by atoms with Crippen LogP contribution < -0.4 is 59.6 Å². The van der Waals surface area contributed by atoms with Crippen LogP contribution >= 0.6 is 15.8 Å². The Morgan fingerprint density at radius 2 is 0.604 bits per heavy atom. The molecular formula is C41H39GeO4P2. The second-order valence-electron chi connectivity index (χ2n) is 11.1. The zero-order valence-electron chi connectivity index (χ0n) is 27.9. The summed E-state index contributed by atoms with van der Waals surface area (Å²) in [5.41, 5.74) is 0. The molecule has 0 aromatic heterocycles. The summed E-state index contributed by atoms with van der Waals surface area (Å²) in [5.74, 6) is 5.96. The van der Waals surface area contributed by atoms with Gasteiger partial charge in [-0.3, -0.25) is 0 Å². The van der Waals surface area contributed by atoms with Crippen LogP contribution in [-0.2, 0) is 0 Å². The Balaban J connectivity index is 1.49. The van der Waals surface area contributed by atoms with Gasteiger partial charge in [-0.05, 0) is 0 Å². The Morgan fingerprint density at radius 3 is 0.854 bits per heavy atom. The molecule has 6 rings (SSSR count). The Bertz CT molecular complexity index is 1690. The van der Waals surface area contributed by atoms with E-state index < -0.39 is 30.2 Å². The molecule has 7 heteroatoms. The third kappa shape index (κ3) is 7.32. The summed E-state index contributed by atoms with van der Waals surface area (Å²) < 4.78 is 25.1. The van der Waals surface area contributed by atoms with E-state index in [0.29, 0.717) is 0 Å². The first-order chi connectivity index (χ1) is 23.5. The van der Waals surface area contributed by atoms with Gasteiger partial charge in [-0.25, -0.2) is 0 Å². The van der Waals surface area contributed by atoms with Crippen molar-refractivity contribution in [2.24, 2.45) is 0 Å². The van der Waals surface area contributed by atoms with Crippen molar-refractivity contribution in [3.05, 3.63) is 146 Å². The van der Waals surface area contributed by atoms with Crippen LogP contribution in [0.5, 0.6) is 23.0 Å². The Kier molecular flexibility index (Phi) is 11.2. The quantitative estimate of drug-likeness (QED) is 0.124. The molecular weight excluding hydrogens is 691 g/mol. The average molecular weight is 730 g/mol. The fourth-order valence-electron chi connectivity index (χ4n) is 5.90. The van der Waals surface area contributed by atoms with Crippen LogP contribution in [0.3, 0.4) is 0 Å². The van der Waals surface area contributed by atoms with Crippen molar-refractivity contribution in [1.82, 2.24) is 0 Å². The fourth-order valence-corrected chi connectivity index (χ4v) is 17.7. The van der Waals surface area contributed by atoms with Gasteiger partial charge >= 0.3 is 293 Å². The van der Waals surface area contributed by atoms with E-state index in [9.17, 15) is 0 Å². The van der Waals surface area contributed by atoms with Crippen LogP contribution in [0.4, 0.5) is 0 Å². The van der Waals surface area contributed by atoms with Crippen LogP contribution in [0.25, 0.3) is 0 Å². The molecule has 0 atom stereocenters. The molecule has 48 heavy (non-hydrogen) atoms. The summed E-state index contributed by atoms with van der Waals surface area (Å²) in [4.78, 5) is 0.